The monoisotopic (exact) mass is 406 g/mol. The van der Waals surface area contributed by atoms with Crippen LogP contribution in [-0.4, -0.2) is 25.0 Å². The van der Waals surface area contributed by atoms with Crippen LogP contribution >= 0.6 is 11.6 Å². The lowest BCUT2D eigenvalue weighted by Gasteiger charge is -2.27. The van der Waals surface area contributed by atoms with Crippen molar-refractivity contribution >= 4 is 17.5 Å². The molecule has 6 heteroatoms. The minimum atomic E-state index is -1.14. The number of unbranched alkanes of at least 4 members (excludes halogenated alkanes) is 11. The van der Waals surface area contributed by atoms with Crippen LogP contribution in [0.15, 0.2) is 37.4 Å². The molecule has 1 unspecified atom stereocenters. The Morgan fingerprint density at radius 3 is 1.86 bits per heavy atom. The first-order chi connectivity index (χ1) is 13.7. The molecule has 0 aliphatic carbocycles. The lowest BCUT2D eigenvalue weighted by Crippen LogP contribution is -2.39. The van der Waals surface area contributed by atoms with Crippen LogP contribution in [0.4, 0.5) is 0 Å². The molecule has 2 aromatic rings. The van der Waals surface area contributed by atoms with Crippen molar-refractivity contribution in [3.63, 3.8) is 0 Å². The van der Waals surface area contributed by atoms with Gasteiger partial charge in [-0.2, -0.15) is 0 Å². The second-order valence-electron chi connectivity index (χ2n) is 7.64. The number of hydrogen-bond acceptors (Lipinski definition) is 3. The van der Waals surface area contributed by atoms with Gasteiger partial charge >= 0.3 is 0 Å². The highest BCUT2D eigenvalue weighted by atomic mass is 35.5. The number of alkyl halides is 1. The summed E-state index contributed by atoms with van der Waals surface area (Å²) >= 11 is 6.81. The number of rotatable bonds is 15. The van der Waals surface area contributed by atoms with Crippen LogP contribution < -0.4 is 0 Å². The molecule has 28 heavy (non-hydrogen) atoms. The summed E-state index contributed by atoms with van der Waals surface area (Å²) in [5.74, 6) is -0.187. The molecule has 0 radical (unpaired) electrons. The van der Waals surface area contributed by atoms with Crippen molar-refractivity contribution < 1.29 is 4.79 Å². The fourth-order valence-corrected chi connectivity index (χ4v) is 3.92. The first-order valence-electron chi connectivity index (χ1n) is 10.9. The summed E-state index contributed by atoms with van der Waals surface area (Å²) in [6, 6.07) is 0. The average molecular weight is 407 g/mol. The lowest BCUT2D eigenvalue weighted by molar-refractivity contribution is 0.0792. The van der Waals surface area contributed by atoms with Gasteiger partial charge in [0.05, 0.1) is 6.33 Å². The van der Waals surface area contributed by atoms with Crippen molar-refractivity contribution in [2.24, 2.45) is 0 Å². The summed E-state index contributed by atoms with van der Waals surface area (Å²) in [5.41, 5.74) is 0. The summed E-state index contributed by atoms with van der Waals surface area (Å²) in [6.07, 6.45) is 25.7. The second kappa shape index (κ2) is 12.8. The molecule has 2 aromatic heterocycles. The van der Waals surface area contributed by atoms with Gasteiger partial charge in [-0.25, -0.2) is 9.97 Å². The quantitative estimate of drug-likeness (QED) is 0.254. The predicted octanol–water partition coefficient (Wildman–Crippen LogP) is 6.40. The van der Waals surface area contributed by atoms with Crippen molar-refractivity contribution in [1.29, 1.82) is 0 Å². The van der Waals surface area contributed by atoms with Crippen molar-refractivity contribution in [2.75, 3.05) is 0 Å². The van der Waals surface area contributed by atoms with E-state index in [9.17, 15) is 4.79 Å². The normalized spacial score (nSPS) is 13.5. The van der Waals surface area contributed by atoms with Crippen molar-refractivity contribution in [3.8, 4) is 0 Å². The Hall–Kier alpha value is -1.62. The highest BCUT2D eigenvalue weighted by Crippen LogP contribution is 2.31. The zero-order chi connectivity index (χ0) is 20.1. The predicted molar refractivity (Wildman–Crippen MR) is 115 cm³/mol. The van der Waals surface area contributed by atoms with Gasteiger partial charge < -0.3 is 4.57 Å². The minimum absolute atomic E-state index is 0.187. The molecule has 0 N–H and O–H groups in total. The molecule has 0 aromatic carbocycles. The summed E-state index contributed by atoms with van der Waals surface area (Å²) < 4.78 is 3.16. The van der Waals surface area contributed by atoms with Crippen molar-refractivity contribution in [1.82, 2.24) is 19.1 Å². The van der Waals surface area contributed by atoms with Gasteiger partial charge in [-0.15, -0.1) is 0 Å². The Morgan fingerprint density at radius 2 is 1.36 bits per heavy atom. The topological polar surface area (TPSA) is 52.7 Å². The molecular formula is C22H35ClN4O. The lowest BCUT2D eigenvalue weighted by atomic mass is 10.0. The first kappa shape index (κ1) is 22.7. The van der Waals surface area contributed by atoms with E-state index in [1.54, 1.807) is 35.7 Å². The SMILES string of the molecule is CCCCCCCCCCCCCCC(Cl)(C(=O)n1ccnc1)n1ccnc1. The summed E-state index contributed by atoms with van der Waals surface area (Å²) in [5, 5.41) is 0. The van der Waals surface area contributed by atoms with Crippen LogP contribution in [0.25, 0.3) is 0 Å². The number of nitrogens with zero attached hydrogens (tertiary/aromatic N) is 4. The standard InChI is InChI=1S/C22H35ClN4O/c1-2-3-4-5-6-7-8-9-10-11-12-13-14-22(23,27-18-16-25-20-27)21(28)26-17-15-24-19-26/h15-20H,2-14H2,1H3. The molecule has 156 valence electrons. The van der Waals surface area contributed by atoms with Crippen molar-refractivity contribution in [2.45, 2.75) is 95.4 Å². The molecule has 0 amide bonds. The van der Waals surface area contributed by atoms with Gasteiger partial charge in [0.25, 0.3) is 5.91 Å². The molecular weight excluding hydrogens is 372 g/mol. The fraction of sp³-hybridized carbons (Fsp3) is 0.682. The van der Waals surface area contributed by atoms with Gasteiger partial charge in [0, 0.05) is 24.8 Å². The molecule has 0 aliphatic rings. The fourth-order valence-electron chi connectivity index (χ4n) is 3.59. The number of imidazole rings is 2. The third-order valence-corrected chi connectivity index (χ3v) is 5.89. The summed E-state index contributed by atoms with van der Waals surface area (Å²) in [6.45, 7) is 2.26. The van der Waals surface area contributed by atoms with Gasteiger partial charge in [-0.05, 0) is 12.8 Å². The molecule has 5 nitrogen and oxygen atoms in total. The van der Waals surface area contributed by atoms with E-state index in [-0.39, 0.29) is 5.91 Å². The smallest absolute Gasteiger partial charge is 0.273 e. The highest BCUT2D eigenvalue weighted by Gasteiger charge is 2.38. The summed E-state index contributed by atoms with van der Waals surface area (Å²) in [4.78, 5) is 19.8. The van der Waals surface area contributed by atoms with Gasteiger partial charge in [0.15, 0.2) is 5.00 Å². The molecule has 1 atom stereocenters. The number of halogens is 1. The Balaban J connectivity index is 1.66. The highest BCUT2D eigenvalue weighted by molar-refractivity contribution is 6.32. The van der Waals surface area contributed by atoms with E-state index in [1.807, 2.05) is 0 Å². The Bertz CT molecular complexity index is 642. The van der Waals surface area contributed by atoms with Crippen LogP contribution in [0.5, 0.6) is 0 Å². The maximum atomic E-state index is 12.9. The molecule has 0 spiro atoms. The molecule has 0 saturated carbocycles. The van der Waals surface area contributed by atoms with E-state index in [4.69, 9.17) is 11.6 Å². The van der Waals surface area contributed by atoms with Gasteiger partial charge in [-0.1, -0.05) is 89.2 Å². The maximum Gasteiger partial charge on any atom is 0.273 e. The molecule has 2 rings (SSSR count). The van der Waals surface area contributed by atoms with Gasteiger partial charge in [0.1, 0.15) is 6.33 Å². The largest absolute Gasteiger partial charge is 0.310 e. The van der Waals surface area contributed by atoms with E-state index in [1.165, 1.54) is 75.1 Å². The van der Waals surface area contributed by atoms with E-state index in [2.05, 4.69) is 16.9 Å². The van der Waals surface area contributed by atoms with Crippen molar-refractivity contribution in [3.05, 3.63) is 37.4 Å². The Labute approximate surface area is 174 Å². The van der Waals surface area contributed by atoms with Crippen LogP contribution in [0.2, 0.25) is 0 Å². The van der Waals surface area contributed by atoms with E-state index >= 15 is 0 Å². The van der Waals surface area contributed by atoms with Gasteiger partial charge in [-0.3, -0.25) is 9.36 Å². The molecule has 0 aliphatic heterocycles. The Kier molecular flexibility index (Phi) is 10.3. The molecule has 0 fully saturated rings. The van der Waals surface area contributed by atoms with E-state index < -0.39 is 5.00 Å². The van der Waals surface area contributed by atoms with E-state index in [0.717, 1.165) is 12.8 Å². The number of aromatic nitrogens is 4. The average Bonchev–Trinajstić information content (AvgIpc) is 3.42. The zero-order valence-corrected chi connectivity index (χ0v) is 18.0. The van der Waals surface area contributed by atoms with Crippen LogP contribution in [-0.2, 0) is 5.00 Å². The second-order valence-corrected chi connectivity index (χ2v) is 8.27. The van der Waals surface area contributed by atoms with Crippen LogP contribution in [0.1, 0.15) is 95.2 Å². The Morgan fingerprint density at radius 1 is 0.821 bits per heavy atom. The zero-order valence-electron chi connectivity index (χ0n) is 17.2. The molecule has 0 bridgehead atoms. The number of hydrogen-bond donors (Lipinski definition) is 0. The molecule has 2 heterocycles. The van der Waals surface area contributed by atoms with Crippen LogP contribution in [0, 0.1) is 0 Å². The molecule has 0 saturated heterocycles. The number of carbonyl (C=O) groups excluding carboxylic acids is 1. The summed E-state index contributed by atoms with van der Waals surface area (Å²) in [7, 11) is 0. The minimum Gasteiger partial charge on any atom is -0.310 e. The first-order valence-corrected chi connectivity index (χ1v) is 11.3. The number of carbonyl (C=O) groups is 1. The maximum absolute atomic E-state index is 12.9. The van der Waals surface area contributed by atoms with E-state index in [0.29, 0.717) is 6.42 Å². The van der Waals surface area contributed by atoms with Crippen LogP contribution in [0.3, 0.4) is 0 Å². The third kappa shape index (κ3) is 7.08. The van der Waals surface area contributed by atoms with Gasteiger partial charge in [0.2, 0.25) is 0 Å². The third-order valence-electron chi connectivity index (χ3n) is 5.34.